The van der Waals surface area contributed by atoms with Gasteiger partial charge in [-0.25, -0.2) is 0 Å². The predicted octanol–water partition coefficient (Wildman–Crippen LogP) is 4.99. The van der Waals surface area contributed by atoms with Gasteiger partial charge in [-0.3, -0.25) is 0 Å². The second-order valence-electron chi connectivity index (χ2n) is 5.09. The fourth-order valence-electron chi connectivity index (χ4n) is 2.03. The zero-order chi connectivity index (χ0) is 16.9. The van der Waals surface area contributed by atoms with Crippen molar-refractivity contribution in [1.29, 1.82) is 0 Å². The zero-order valence-corrected chi connectivity index (χ0v) is 15.3. The van der Waals surface area contributed by atoms with E-state index in [1.807, 2.05) is 54.1 Å². The van der Waals surface area contributed by atoms with E-state index in [1.165, 1.54) is 5.56 Å². The summed E-state index contributed by atoms with van der Waals surface area (Å²) in [6.45, 7) is 0.314. The maximum absolute atomic E-state index is 6.08. The Morgan fingerprint density at radius 2 is 1.79 bits per heavy atom. The van der Waals surface area contributed by atoms with Crippen molar-refractivity contribution >= 4 is 35.0 Å². The second kappa shape index (κ2) is 7.92. The van der Waals surface area contributed by atoms with Gasteiger partial charge in [0.05, 0.1) is 5.02 Å². The first-order valence-electron chi connectivity index (χ1n) is 7.26. The van der Waals surface area contributed by atoms with Crippen LogP contribution in [0, 0.1) is 0 Å². The Hall–Kier alpha value is -1.69. The van der Waals surface area contributed by atoms with Crippen molar-refractivity contribution in [3.63, 3.8) is 0 Å². The molecule has 1 heterocycles. The molecule has 0 spiro atoms. The van der Waals surface area contributed by atoms with E-state index in [2.05, 4.69) is 10.2 Å². The second-order valence-corrected chi connectivity index (χ2v) is 6.88. The molecule has 3 aromatic rings. The molecule has 24 heavy (non-hydrogen) atoms. The number of para-hydroxylation sites is 1. The van der Waals surface area contributed by atoms with Gasteiger partial charge in [0, 0.05) is 17.8 Å². The van der Waals surface area contributed by atoms with E-state index in [1.54, 1.807) is 17.8 Å². The lowest BCUT2D eigenvalue weighted by molar-refractivity contribution is 0.290. The summed E-state index contributed by atoms with van der Waals surface area (Å²) in [6.07, 6.45) is 0. The highest BCUT2D eigenvalue weighted by Gasteiger charge is 2.11. The highest BCUT2D eigenvalue weighted by atomic mass is 35.5. The third-order valence-electron chi connectivity index (χ3n) is 3.40. The Kier molecular flexibility index (Phi) is 5.66. The van der Waals surface area contributed by atoms with E-state index in [9.17, 15) is 0 Å². The van der Waals surface area contributed by atoms with E-state index < -0.39 is 0 Å². The van der Waals surface area contributed by atoms with Gasteiger partial charge in [0.15, 0.2) is 11.0 Å². The molecule has 0 radical (unpaired) electrons. The van der Waals surface area contributed by atoms with E-state index in [-0.39, 0.29) is 0 Å². The first kappa shape index (κ1) is 17.1. The fraction of sp³-hybridized carbons (Fsp3) is 0.176. The van der Waals surface area contributed by atoms with Crippen molar-refractivity contribution < 1.29 is 4.74 Å². The van der Waals surface area contributed by atoms with Crippen molar-refractivity contribution in [2.75, 3.05) is 0 Å². The van der Waals surface area contributed by atoms with E-state index in [4.69, 9.17) is 27.9 Å². The van der Waals surface area contributed by atoms with Crippen LogP contribution in [0.15, 0.2) is 53.7 Å². The average molecular weight is 380 g/mol. The Balaban J connectivity index is 1.61. The first-order chi connectivity index (χ1) is 11.6. The van der Waals surface area contributed by atoms with E-state index in [0.29, 0.717) is 17.4 Å². The number of ether oxygens (including phenoxy) is 1. The molecule has 0 aliphatic heterocycles. The molecule has 0 aliphatic rings. The van der Waals surface area contributed by atoms with Crippen LogP contribution in [-0.2, 0) is 19.4 Å². The number of aromatic nitrogens is 3. The van der Waals surface area contributed by atoms with Crippen molar-refractivity contribution in [3.05, 3.63) is 70.0 Å². The van der Waals surface area contributed by atoms with Gasteiger partial charge < -0.3 is 9.30 Å². The molecule has 0 aliphatic carbocycles. The number of thioether (sulfide) groups is 1. The van der Waals surface area contributed by atoms with Crippen LogP contribution in [0.2, 0.25) is 10.0 Å². The minimum atomic E-state index is 0.314. The average Bonchev–Trinajstić information content (AvgIpc) is 2.94. The van der Waals surface area contributed by atoms with Crippen LogP contribution in [0.3, 0.4) is 0 Å². The predicted molar refractivity (Wildman–Crippen MR) is 97.8 cm³/mol. The SMILES string of the molecule is Cn1c(COc2ccccc2Cl)nnc1SCc1ccc(Cl)cc1. The molecule has 3 rings (SSSR count). The maximum Gasteiger partial charge on any atom is 0.191 e. The van der Waals surface area contributed by atoms with Crippen molar-refractivity contribution in [2.45, 2.75) is 17.5 Å². The third kappa shape index (κ3) is 4.23. The van der Waals surface area contributed by atoms with Gasteiger partial charge in [0.25, 0.3) is 0 Å². The van der Waals surface area contributed by atoms with Gasteiger partial charge in [-0.15, -0.1) is 10.2 Å². The van der Waals surface area contributed by atoms with E-state index in [0.717, 1.165) is 21.8 Å². The Labute approximate surface area is 154 Å². The fourth-order valence-corrected chi connectivity index (χ4v) is 3.23. The van der Waals surface area contributed by atoms with Gasteiger partial charge in [-0.05, 0) is 29.8 Å². The summed E-state index contributed by atoms with van der Waals surface area (Å²) in [4.78, 5) is 0. The van der Waals surface area contributed by atoms with Gasteiger partial charge in [0.1, 0.15) is 12.4 Å². The standard InChI is InChI=1S/C17H15Cl2N3OS/c1-22-16(10-23-15-5-3-2-4-14(15)19)20-21-17(22)24-11-12-6-8-13(18)9-7-12/h2-9H,10-11H2,1H3. The molecule has 0 amide bonds. The van der Waals surface area contributed by atoms with Crippen LogP contribution >= 0.6 is 35.0 Å². The monoisotopic (exact) mass is 379 g/mol. The minimum Gasteiger partial charge on any atom is -0.484 e. The summed E-state index contributed by atoms with van der Waals surface area (Å²) in [5.74, 6) is 2.18. The van der Waals surface area contributed by atoms with E-state index >= 15 is 0 Å². The van der Waals surface area contributed by atoms with Crippen LogP contribution in [0.4, 0.5) is 0 Å². The third-order valence-corrected chi connectivity index (χ3v) is 5.06. The quantitative estimate of drug-likeness (QED) is 0.565. The van der Waals surface area contributed by atoms with Crippen LogP contribution in [0.5, 0.6) is 5.75 Å². The lowest BCUT2D eigenvalue weighted by Crippen LogP contribution is -2.04. The van der Waals surface area contributed by atoms with Gasteiger partial charge in [-0.1, -0.05) is 59.2 Å². The minimum absolute atomic E-state index is 0.314. The molecule has 0 saturated carbocycles. The topological polar surface area (TPSA) is 39.9 Å². The first-order valence-corrected chi connectivity index (χ1v) is 9.00. The molecule has 2 aromatic carbocycles. The summed E-state index contributed by atoms with van der Waals surface area (Å²) >= 11 is 13.6. The summed E-state index contributed by atoms with van der Waals surface area (Å²) < 4.78 is 7.64. The summed E-state index contributed by atoms with van der Waals surface area (Å²) in [7, 11) is 1.93. The number of nitrogens with zero attached hydrogens (tertiary/aromatic N) is 3. The maximum atomic E-state index is 6.08. The normalized spacial score (nSPS) is 10.8. The molecule has 0 unspecified atom stereocenters. The molecule has 0 fully saturated rings. The largest absolute Gasteiger partial charge is 0.484 e. The summed E-state index contributed by atoms with van der Waals surface area (Å²) in [6, 6.07) is 15.2. The number of benzene rings is 2. The molecule has 7 heteroatoms. The number of hydrogen-bond donors (Lipinski definition) is 0. The molecular weight excluding hydrogens is 365 g/mol. The smallest absolute Gasteiger partial charge is 0.191 e. The molecule has 0 N–H and O–H groups in total. The molecule has 0 bridgehead atoms. The van der Waals surface area contributed by atoms with Crippen molar-refractivity contribution in [1.82, 2.24) is 14.8 Å². The zero-order valence-electron chi connectivity index (χ0n) is 12.9. The molecule has 124 valence electrons. The highest BCUT2D eigenvalue weighted by molar-refractivity contribution is 7.98. The van der Waals surface area contributed by atoms with Crippen LogP contribution < -0.4 is 4.74 Å². The number of hydrogen-bond acceptors (Lipinski definition) is 4. The van der Waals surface area contributed by atoms with Crippen LogP contribution in [0.25, 0.3) is 0 Å². The van der Waals surface area contributed by atoms with Gasteiger partial charge >= 0.3 is 0 Å². The van der Waals surface area contributed by atoms with Gasteiger partial charge in [-0.2, -0.15) is 0 Å². The molecule has 1 aromatic heterocycles. The Bertz CT molecular complexity index is 821. The highest BCUT2D eigenvalue weighted by Crippen LogP contribution is 2.25. The Morgan fingerprint density at radius 3 is 2.54 bits per heavy atom. The summed E-state index contributed by atoms with van der Waals surface area (Å²) in [5, 5.41) is 10.6. The van der Waals surface area contributed by atoms with Crippen molar-refractivity contribution in [3.8, 4) is 5.75 Å². The molecular formula is C17H15Cl2N3OS. The number of rotatable bonds is 6. The molecule has 0 atom stereocenters. The van der Waals surface area contributed by atoms with Crippen LogP contribution in [-0.4, -0.2) is 14.8 Å². The number of halogens is 2. The van der Waals surface area contributed by atoms with Gasteiger partial charge in [0.2, 0.25) is 0 Å². The van der Waals surface area contributed by atoms with Crippen molar-refractivity contribution in [2.24, 2.45) is 7.05 Å². The molecule has 0 saturated heterocycles. The van der Waals surface area contributed by atoms with Crippen LogP contribution in [0.1, 0.15) is 11.4 Å². The lowest BCUT2D eigenvalue weighted by atomic mass is 10.2. The Morgan fingerprint density at radius 1 is 1.04 bits per heavy atom. The lowest BCUT2D eigenvalue weighted by Gasteiger charge is -2.07. The summed E-state index contributed by atoms with van der Waals surface area (Å²) in [5.41, 5.74) is 1.18. The molecule has 4 nitrogen and oxygen atoms in total.